The van der Waals surface area contributed by atoms with Crippen molar-refractivity contribution in [1.29, 1.82) is 0 Å². The van der Waals surface area contributed by atoms with Crippen LogP contribution in [0, 0.1) is 0 Å². The number of hydrogen-bond acceptors (Lipinski definition) is 7. The lowest BCUT2D eigenvalue weighted by molar-refractivity contribution is -0.159. The van der Waals surface area contributed by atoms with E-state index in [1.165, 1.54) is 0 Å². The molecule has 1 aliphatic carbocycles. The number of hydrogen-bond donors (Lipinski definition) is 2. The zero-order chi connectivity index (χ0) is 25.6. The van der Waals surface area contributed by atoms with Crippen molar-refractivity contribution < 1.29 is 33.4 Å². The summed E-state index contributed by atoms with van der Waals surface area (Å²) in [4.78, 5) is 48.6. The van der Waals surface area contributed by atoms with Crippen molar-refractivity contribution in [2.45, 2.75) is 44.8 Å². The SMILES string of the molecule is COC(=O)C(CC(=O)OC(C)(C)C)NC(=O)CNC(=O)OCC1c2ccccc2-c2ccccc21. The van der Waals surface area contributed by atoms with Gasteiger partial charge in [-0.1, -0.05) is 48.5 Å². The Hall–Kier alpha value is -3.88. The van der Waals surface area contributed by atoms with Crippen LogP contribution in [0.4, 0.5) is 4.79 Å². The number of fused-ring (bicyclic) bond motifs is 3. The van der Waals surface area contributed by atoms with E-state index in [0.29, 0.717) is 0 Å². The summed E-state index contributed by atoms with van der Waals surface area (Å²) in [5.41, 5.74) is 3.61. The van der Waals surface area contributed by atoms with Crippen molar-refractivity contribution in [3.05, 3.63) is 59.7 Å². The molecule has 9 nitrogen and oxygen atoms in total. The quantitative estimate of drug-likeness (QED) is 0.438. The van der Waals surface area contributed by atoms with Crippen LogP contribution in [0.25, 0.3) is 11.1 Å². The lowest BCUT2D eigenvalue weighted by atomic mass is 9.98. The molecule has 2 N–H and O–H groups in total. The van der Waals surface area contributed by atoms with Gasteiger partial charge in [-0.05, 0) is 43.0 Å². The van der Waals surface area contributed by atoms with E-state index in [9.17, 15) is 19.2 Å². The Bertz CT molecular complexity index is 1060. The van der Waals surface area contributed by atoms with Gasteiger partial charge < -0.3 is 24.8 Å². The first kappa shape index (κ1) is 25.7. The van der Waals surface area contributed by atoms with Gasteiger partial charge in [0.25, 0.3) is 0 Å². The number of benzene rings is 2. The Kier molecular flexibility index (Phi) is 8.11. The second-order valence-corrected chi connectivity index (χ2v) is 9.11. The fourth-order valence-corrected chi connectivity index (χ4v) is 3.93. The van der Waals surface area contributed by atoms with Crippen molar-refractivity contribution >= 4 is 23.9 Å². The predicted molar refractivity (Wildman–Crippen MR) is 127 cm³/mol. The smallest absolute Gasteiger partial charge is 0.407 e. The van der Waals surface area contributed by atoms with Gasteiger partial charge in [0.15, 0.2) is 0 Å². The highest BCUT2D eigenvalue weighted by Crippen LogP contribution is 2.44. The van der Waals surface area contributed by atoms with Gasteiger partial charge in [-0.25, -0.2) is 9.59 Å². The molecule has 0 fully saturated rings. The number of carbonyl (C=O) groups excluding carboxylic acids is 4. The Morgan fingerprint density at radius 1 is 0.943 bits per heavy atom. The first-order chi connectivity index (χ1) is 16.6. The lowest BCUT2D eigenvalue weighted by Crippen LogP contribution is -2.47. The summed E-state index contributed by atoms with van der Waals surface area (Å²) in [6, 6.07) is 14.7. The van der Waals surface area contributed by atoms with Crippen LogP contribution >= 0.6 is 0 Å². The molecular weight excluding hydrogens is 452 g/mol. The van der Waals surface area contributed by atoms with Gasteiger partial charge in [0, 0.05) is 5.92 Å². The van der Waals surface area contributed by atoms with E-state index in [1.807, 2.05) is 48.5 Å². The highest BCUT2D eigenvalue weighted by molar-refractivity contribution is 5.89. The third kappa shape index (κ3) is 6.81. The zero-order valence-electron chi connectivity index (χ0n) is 20.3. The molecule has 2 amide bonds. The molecule has 0 heterocycles. The Balaban J connectivity index is 1.51. The van der Waals surface area contributed by atoms with Crippen molar-refractivity contribution in [2.24, 2.45) is 0 Å². The maximum Gasteiger partial charge on any atom is 0.407 e. The van der Waals surface area contributed by atoms with Gasteiger partial charge in [0.2, 0.25) is 5.91 Å². The number of esters is 2. The first-order valence-electron chi connectivity index (χ1n) is 11.3. The van der Waals surface area contributed by atoms with E-state index in [0.717, 1.165) is 29.4 Å². The summed E-state index contributed by atoms with van der Waals surface area (Å²) in [5.74, 6) is -2.26. The minimum atomic E-state index is -1.24. The van der Waals surface area contributed by atoms with Crippen LogP contribution in [-0.2, 0) is 28.6 Å². The van der Waals surface area contributed by atoms with Crippen LogP contribution in [0.5, 0.6) is 0 Å². The average Bonchev–Trinajstić information content (AvgIpc) is 3.13. The molecule has 0 bridgehead atoms. The molecule has 0 saturated heterocycles. The van der Waals surface area contributed by atoms with Gasteiger partial charge in [-0.3, -0.25) is 9.59 Å². The molecule has 0 aromatic heterocycles. The molecule has 0 saturated carbocycles. The molecule has 9 heteroatoms. The van der Waals surface area contributed by atoms with Crippen LogP contribution in [-0.4, -0.2) is 55.8 Å². The number of rotatable bonds is 8. The highest BCUT2D eigenvalue weighted by Gasteiger charge is 2.30. The molecule has 1 aliphatic rings. The molecule has 0 aliphatic heterocycles. The number of nitrogens with one attached hydrogen (secondary N) is 2. The third-order valence-corrected chi connectivity index (χ3v) is 5.35. The molecule has 35 heavy (non-hydrogen) atoms. The standard InChI is InChI=1S/C26H30N2O7/c1-26(2,3)35-23(30)13-21(24(31)33-4)28-22(29)14-27-25(32)34-15-20-18-11-7-5-9-16(18)17-10-6-8-12-19(17)20/h5-12,20-21H,13-15H2,1-4H3,(H,27,32)(H,28,29). The number of methoxy groups -OCH3 is 1. The Labute approximate surface area is 204 Å². The Morgan fingerprint density at radius 2 is 1.51 bits per heavy atom. The normalized spacial score (nSPS) is 13.1. The van der Waals surface area contributed by atoms with Crippen LogP contribution in [0.1, 0.15) is 44.2 Å². The molecule has 2 aromatic carbocycles. The maximum atomic E-state index is 12.3. The van der Waals surface area contributed by atoms with Crippen molar-refractivity contribution in [1.82, 2.24) is 10.6 Å². The van der Waals surface area contributed by atoms with E-state index in [1.54, 1.807) is 20.8 Å². The summed E-state index contributed by atoms with van der Waals surface area (Å²) in [5, 5.41) is 4.75. The molecule has 3 rings (SSSR count). The Morgan fingerprint density at radius 3 is 2.06 bits per heavy atom. The van der Waals surface area contributed by atoms with Gasteiger partial charge in [0.05, 0.1) is 13.5 Å². The topological polar surface area (TPSA) is 120 Å². The molecule has 186 valence electrons. The summed E-state index contributed by atoms with van der Waals surface area (Å²) in [7, 11) is 1.14. The lowest BCUT2D eigenvalue weighted by Gasteiger charge is -2.22. The fraction of sp³-hybridized carbons (Fsp3) is 0.385. The largest absolute Gasteiger partial charge is 0.467 e. The van der Waals surface area contributed by atoms with Crippen molar-refractivity contribution in [2.75, 3.05) is 20.3 Å². The maximum absolute atomic E-state index is 12.3. The summed E-state index contributed by atoms with van der Waals surface area (Å²) in [6.45, 7) is 4.72. The minimum Gasteiger partial charge on any atom is -0.467 e. The zero-order valence-corrected chi connectivity index (χ0v) is 20.3. The first-order valence-corrected chi connectivity index (χ1v) is 11.3. The number of carbonyl (C=O) groups is 4. The van der Waals surface area contributed by atoms with Crippen molar-refractivity contribution in [3.63, 3.8) is 0 Å². The third-order valence-electron chi connectivity index (χ3n) is 5.35. The van der Waals surface area contributed by atoms with E-state index >= 15 is 0 Å². The van der Waals surface area contributed by atoms with E-state index in [2.05, 4.69) is 15.4 Å². The highest BCUT2D eigenvalue weighted by atomic mass is 16.6. The van der Waals surface area contributed by atoms with Crippen LogP contribution in [0.3, 0.4) is 0 Å². The minimum absolute atomic E-state index is 0.102. The van der Waals surface area contributed by atoms with Crippen LogP contribution in [0.2, 0.25) is 0 Å². The molecular formula is C26H30N2O7. The van der Waals surface area contributed by atoms with E-state index in [4.69, 9.17) is 9.47 Å². The monoisotopic (exact) mass is 482 g/mol. The molecule has 0 radical (unpaired) electrons. The fourth-order valence-electron chi connectivity index (χ4n) is 3.93. The van der Waals surface area contributed by atoms with Crippen LogP contribution < -0.4 is 10.6 Å². The summed E-state index contributed by atoms with van der Waals surface area (Å²) in [6.07, 6.45) is -1.18. The molecule has 0 spiro atoms. The van der Waals surface area contributed by atoms with Gasteiger partial charge in [0.1, 0.15) is 24.8 Å². The van der Waals surface area contributed by atoms with Gasteiger partial charge >= 0.3 is 18.0 Å². The van der Waals surface area contributed by atoms with Crippen LogP contribution in [0.15, 0.2) is 48.5 Å². The van der Waals surface area contributed by atoms with Gasteiger partial charge in [-0.2, -0.15) is 0 Å². The number of alkyl carbamates (subject to hydrolysis) is 1. The van der Waals surface area contributed by atoms with Gasteiger partial charge in [-0.15, -0.1) is 0 Å². The van der Waals surface area contributed by atoms with E-state index < -0.39 is 48.5 Å². The average molecular weight is 483 g/mol. The summed E-state index contributed by atoms with van der Waals surface area (Å²) >= 11 is 0. The molecule has 1 atom stereocenters. The predicted octanol–water partition coefficient (Wildman–Crippen LogP) is 2.91. The second kappa shape index (κ2) is 11.0. The molecule has 2 aromatic rings. The van der Waals surface area contributed by atoms with Crippen molar-refractivity contribution in [3.8, 4) is 11.1 Å². The second-order valence-electron chi connectivity index (χ2n) is 9.11. The molecule has 1 unspecified atom stereocenters. The van der Waals surface area contributed by atoms with E-state index in [-0.39, 0.29) is 12.5 Å². The summed E-state index contributed by atoms with van der Waals surface area (Å²) < 4.78 is 15.2. The number of amides is 2. The number of ether oxygens (including phenoxy) is 3.